The zero-order valence-electron chi connectivity index (χ0n) is 13.6. The lowest BCUT2D eigenvalue weighted by atomic mass is 10.2. The number of nitrogens with zero attached hydrogens (tertiary/aromatic N) is 3. The molecule has 0 N–H and O–H groups in total. The number of hydrogen-bond acceptors (Lipinski definition) is 6. The number of sulfonamides is 1. The number of hydrogen-bond donors (Lipinski definition) is 0. The number of benzene rings is 1. The topological polar surface area (TPSA) is 85.5 Å². The Morgan fingerprint density at radius 2 is 2.16 bits per heavy atom. The van der Waals surface area contributed by atoms with Gasteiger partial charge in [-0.2, -0.15) is 4.31 Å². The first-order valence-electron chi connectivity index (χ1n) is 7.86. The van der Waals surface area contributed by atoms with E-state index in [0.29, 0.717) is 28.8 Å². The summed E-state index contributed by atoms with van der Waals surface area (Å²) in [6, 6.07) is 7.04. The van der Waals surface area contributed by atoms with E-state index in [1.807, 2.05) is 6.92 Å². The largest absolute Gasteiger partial charge is 0.422 e. The maximum atomic E-state index is 12.6. The van der Waals surface area contributed by atoms with Crippen LogP contribution < -0.4 is 0 Å². The summed E-state index contributed by atoms with van der Waals surface area (Å²) in [6.07, 6.45) is 1.54. The molecule has 1 aliphatic heterocycles. The van der Waals surface area contributed by atoms with E-state index in [0.717, 1.165) is 5.41 Å². The minimum atomic E-state index is -3.61. The van der Waals surface area contributed by atoms with Crippen LogP contribution in [-0.4, -0.2) is 42.6 Å². The van der Waals surface area contributed by atoms with E-state index >= 15 is 0 Å². The molecule has 0 amide bonds. The van der Waals surface area contributed by atoms with E-state index in [1.54, 1.807) is 24.3 Å². The first kappa shape index (κ1) is 18.1. The molecule has 1 aromatic carbocycles. The molecule has 0 bridgehead atoms. The third-order valence-electron chi connectivity index (χ3n) is 3.77. The molecule has 2 aromatic rings. The summed E-state index contributed by atoms with van der Waals surface area (Å²) in [5.74, 6) is 0.795. The van der Waals surface area contributed by atoms with Gasteiger partial charge in [0.2, 0.25) is 21.8 Å². The lowest BCUT2D eigenvalue weighted by Crippen LogP contribution is -2.41. The van der Waals surface area contributed by atoms with Crippen molar-refractivity contribution in [2.24, 2.45) is 0 Å². The van der Waals surface area contributed by atoms with E-state index in [4.69, 9.17) is 20.8 Å². The smallest absolute Gasteiger partial charge is 0.246 e. The van der Waals surface area contributed by atoms with Gasteiger partial charge < -0.3 is 9.15 Å². The molecule has 1 aromatic heterocycles. The van der Waals surface area contributed by atoms with Crippen LogP contribution in [-0.2, 0) is 21.2 Å². The van der Waals surface area contributed by atoms with Crippen LogP contribution in [0, 0.1) is 0 Å². The standard InChI is InChI=1S/C16H18ClN3O4S/c1-2-15-18-19-16(24-15)14-11-20(8-9-23-14)25(21,22)10-7-12-5-3-4-6-13(12)17/h3-7,10,14H,2,8-9,11H2,1H3/b10-7+. The molecule has 1 unspecified atom stereocenters. The Bertz CT molecular complexity index is 866. The monoisotopic (exact) mass is 383 g/mol. The number of halogens is 1. The van der Waals surface area contributed by atoms with Gasteiger partial charge in [-0.15, -0.1) is 10.2 Å². The van der Waals surface area contributed by atoms with Crippen molar-refractivity contribution in [3.05, 3.63) is 52.0 Å². The van der Waals surface area contributed by atoms with Gasteiger partial charge in [-0.1, -0.05) is 36.7 Å². The normalized spacial score (nSPS) is 19.5. The molecule has 1 fully saturated rings. The highest BCUT2D eigenvalue weighted by atomic mass is 35.5. The average Bonchev–Trinajstić information content (AvgIpc) is 3.10. The van der Waals surface area contributed by atoms with E-state index in [-0.39, 0.29) is 19.7 Å². The third-order valence-corrected chi connectivity index (χ3v) is 5.65. The van der Waals surface area contributed by atoms with Gasteiger partial charge >= 0.3 is 0 Å². The van der Waals surface area contributed by atoms with Crippen molar-refractivity contribution in [3.63, 3.8) is 0 Å². The number of rotatable bonds is 5. The maximum Gasteiger partial charge on any atom is 0.246 e. The molecular weight excluding hydrogens is 366 g/mol. The predicted molar refractivity (Wildman–Crippen MR) is 93.3 cm³/mol. The van der Waals surface area contributed by atoms with Gasteiger partial charge in [-0.3, -0.25) is 0 Å². The molecule has 9 heteroatoms. The summed E-state index contributed by atoms with van der Waals surface area (Å²) in [7, 11) is -3.61. The zero-order chi connectivity index (χ0) is 17.9. The van der Waals surface area contributed by atoms with Crippen LogP contribution in [0.2, 0.25) is 5.02 Å². The maximum absolute atomic E-state index is 12.6. The fourth-order valence-electron chi connectivity index (χ4n) is 2.40. The van der Waals surface area contributed by atoms with Crippen molar-refractivity contribution in [3.8, 4) is 0 Å². The van der Waals surface area contributed by atoms with Gasteiger partial charge in [0, 0.05) is 29.9 Å². The lowest BCUT2D eigenvalue weighted by Gasteiger charge is -2.29. The van der Waals surface area contributed by atoms with Gasteiger partial charge in [0.05, 0.1) is 6.61 Å². The fourth-order valence-corrected chi connectivity index (χ4v) is 3.76. The first-order chi connectivity index (χ1) is 12.0. The van der Waals surface area contributed by atoms with E-state index in [2.05, 4.69) is 10.2 Å². The van der Waals surface area contributed by atoms with Crippen LogP contribution in [0.3, 0.4) is 0 Å². The van der Waals surface area contributed by atoms with Crippen LogP contribution in [0.4, 0.5) is 0 Å². The van der Waals surface area contributed by atoms with Gasteiger partial charge in [0.1, 0.15) is 6.10 Å². The molecule has 134 valence electrons. The molecule has 0 spiro atoms. The highest BCUT2D eigenvalue weighted by Crippen LogP contribution is 2.24. The molecule has 1 aliphatic rings. The molecular formula is C16H18ClN3O4S. The molecule has 7 nitrogen and oxygen atoms in total. The number of aryl methyl sites for hydroxylation is 1. The predicted octanol–water partition coefficient (Wildman–Crippen LogP) is 2.66. The Balaban J connectivity index is 1.74. The molecule has 1 saturated heterocycles. The summed E-state index contributed by atoms with van der Waals surface area (Å²) in [5, 5.41) is 9.47. The molecule has 0 aliphatic carbocycles. The van der Waals surface area contributed by atoms with E-state index < -0.39 is 16.1 Å². The van der Waals surface area contributed by atoms with Gasteiger partial charge in [-0.25, -0.2) is 8.42 Å². The van der Waals surface area contributed by atoms with Crippen molar-refractivity contribution >= 4 is 27.7 Å². The number of ether oxygens (including phenoxy) is 1. The van der Waals surface area contributed by atoms with Gasteiger partial charge in [0.15, 0.2) is 0 Å². The zero-order valence-corrected chi connectivity index (χ0v) is 15.2. The third kappa shape index (κ3) is 4.27. The second-order valence-electron chi connectivity index (χ2n) is 5.47. The minimum Gasteiger partial charge on any atom is -0.422 e. The Kier molecular flexibility index (Phi) is 5.53. The highest BCUT2D eigenvalue weighted by molar-refractivity contribution is 7.92. The SMILES string of the molecule is CCc1nnc(C2CN(S(=O)(=O)/C=C/c3ccccc3Cl)CCO2)o1. The van der Waals surface area contributed by atoms with Crippen LogP contribution in [0.1, 0.15) is 30.4 Å². The quantitative estimate of drug-likeness (QED) is 0.789. The second-order valence-corrected chi connectivity index (χ2v) is 7.70. The van der Waals surface area contributed by atoms with Crippen LogP contribution in [0.5, 0.6) is 0 Å². The van der Waals surface area contributed by atoms with E-state index in [9.17, 15) is 8.42 Å². The summed E-state index contributed by atoms with van der Waals surface area (Å²) in [4.78, 5) is 0. The van der Waals surface area contributed by atoms with Crippen molar-refractivity contribution in [2.75, 3.05) is 19.7 Å². The second kappa shape index (κ2) is 7.65. The van der Waals surface area contributed by atoms with Crippen LogP contribution in [0.25, 0.3) is 6.08 Å². The van der Waals surface area contributed by atoms with Gasteiger partial charge in [0.25, 0.3) is 0 Å². The average molecular weight is 384 g/mol. The minimum absolute atomic E-state index is 0.126. The van der Waals surface area contributed by atoms with E-state index in [1.165, 1.54) is 10.4 Å². The first-order valence-corrected chi connectivity index (χ1v) is 9.74. The summed E-state index contributed by atoms with van der Waals surface area (Å²) in [5.41, 5.74) is 0.641. The molecule has 2 heterocycles. The molecule has 3 rings (SSSR count). The lowest BCUT2D eigenvalue weighted by molar-refractivity contribution is -0.0174. The Morgan fingerprint density at radius 1 is 1.36 bits per heavy atom. The summed E-state index contributed by atoms with van der Waals surface area (Å²) >= 11 is 6.05. The number of aromatic nitrogens is 2. The Morgan fingerprint density at radius 3 is 2.88 bits per heavy atom. The van der Waals surface area contributed by atoms with Crippen LogP contribution >= 0.6 is 11.6 Å². The fraction of sp³-hybridized carbons (Fsp3) is 0.375. The molecule has 0 saturated carbocycles. The molecule has 25 heavy (non-hydrogen) atoms. The summed E-state index contributed by atoms with van der Waals surface area (Å²) in [6.45, 7) is 2.55. The van der Waals surface area contributed by atoms with Crippen molar-refractivity contribution < 1.29 is 17.6 Å². The molecule has 0 radical (unpaired) electrons. The van der Waals surface area contributed by atoms with Crippen molar-refractivity contribution in [2.45, 2.75) is 19.4 Å². The van der Waals surface area contributed by atoms with Crippen molar-refractivity contribution in [1.29, 1.82) is 0 Å². The molecule has 1 atom stereocenters. The van der Waals surface area contributed by atoms with Gasteiger partial charge in [-0.05, 0) is 17.7 Å². The summed E-state index contributed by atoms with van der Waals surface area (Å²) < 4.78 is 37.6. The number of morpholine rings is 1. The Labute approximate surface area is 151 Å². The highest BCUT2D eigenvalue weighted by Gasteiger charge is 2.31. The van der Waals surface area contributed by atoms with Crippen molar-refractivity contribution in [1.82, 2.24) is 14.5 Å². The Hall–Kier alpha value is -1.74. The van der Waals surface area contributed by atoms with Crippen LogP contribution in [0.15, 0.2) is 34.1 Å².